The molecule has 0 aromatic carbocycles. The van der Waals surface area contributed by atoms with Crippen molar-refractivity contribution >= 4 is 5.91 Å². The Morgan fingerprint density at radius 1 is 1.73 bits per heavy atom. The zero-order valence-electron chi connectivity index (χ0n) is 8.29. The molecule has 2 N–H and O–H groups in total. The van der Waals surface area contributed by atoms with E-state index in [1.807, 2.05) is 0 Å². The first-order valence-corrected chi connectivity index (χ1v) is 4.54. The smallest absolute Gasteiger partial charge is 0.270 e. The molecule has 0 unspecified atom stereocenters. The number of ether oxygens (including phenoxy) is 2. The van der Waals surface area contributed by atoms with Gasteiger partial charge in [0.1, 0.15) is 12.1 Å². The van der Waals surface area contributed by atoms with Crippen molar-refractivity contribution in [3.8, 4) is 0 Å². The van der Waals surface area contributed by atoms with Crippen LogP contribution in [-0.2, 0) is 9.47 Å². The van der Waals surface area contributed by atoms with Crippen molar-refractivity contribution in [1.82, 2.24) is 15.0 Å². The second-order valence-corrected chi connectivity index (χ2v) is 3.33. The highest BCUT2D eigenvalue weighted by Crippen LogP contribution is 2.20. The maximum atomic E-state index is 10.8. The van der Waals surface area contributed by atoms with Crippen LogP contribution in [0.3, 0.4) is 0 Å². The maximum Gasteiger partial charge on any atom is 0.270 e. The van der Waals surface area contributed by atoms with Gasteiger partial charge in [0.05, 0.1) is 19.4 Å². The molecule has 0 radical (unpaired) electrons. The molecule has 1 aromatic rings. The summed E-state index contributed by atoms with van der Waals surface area (Å²) in [6, 6.07) is -0.0457. The molecule has 7 nitrogen and oxygen atoms in total. The number of hydrogen-bond donors (Lipinski definition) is 1. The third-order valence-corrected chi connectivity index (χ3v) is 2.41. The first-order valence-electron chi connectivity index (χ1n) is 4.54. The number of methoxy groups -OCH3 is 1. The Morgan fingerprint density at radius 2 is 2.53 bits per heavy atom. The van der Waals surface area contributed by atoms with Gasteiger partial charge in [-0.05, 0) is 0 Å². The van der Waals surface area contributed by atoms with Crippen molar-refractivity contribution in [3.05, 3.63) is 11.9 Å². The minimum Gasteiger partial charge on any atom is -0.377 e. The minimum atomic E-state index is -0.589. The average molecular weight is 212 g/mol. The molecule has 2 atom stereocenters. The maximum absolute atomic E-state index is 10.8. The Hall–Kier alpha value is -1.47. The van der Waals surface area contributed by atoms with Crippen molar-refractivity contribution in [2.45, 2.75) is 12.1 Å². The Bertz CT molecular complexity index is 365. The summed E-state index contributed by atoms with van der Waals surface area (Å²) in [6.07, 6.45) is 1.45. The van der Waals surface area contributed by atoms with Crippen LogP contribution in [0, 0.1) is 0 Å². The fraction of sp³-hybridized carbons (Fsp3) is 0.625. The number of carbonyl (C=O) groups is 1. The number of aromatic nitrogens is 3. The minimum absolute atomic E-state index is 0.0457. The summed E-state index contributed by atoms with van der Waals surface area (Å²) >= 11 is 0. The summed E-state index contributed by atoms with van der Waals surface area (Å²) in [5.41, 5.74) is 5.23. The number of primary amides is 1. The monoisotopic (exact) mass is 212 g/mol. The molecule has 0 bridgehead atoms. The lowest BCUT2D eigenvalue weighted by Gasteiger charge is -2.14. The number of rotatable bonds is 3. The van der Waals surface area contributed by atoms with Crippen molar-refractivity contribution in [2.24, 2.45) is 5.73 Å². The van der Waals surface area contributed by atoms with E-state index in [1.165, 1.54) is 6.20 Å². The van der Waals surface area contributed by atoms with Crippen molar-refractivity contribution in [2.75, 3.05) is 20.3 Å². The lowest BCUT2D eigenvalue weighted by molar-refractivity contribution is 0.0661. The lowest BCUT2D eigenvalue weighted by atomic mass is 10.2. The van der Waals surface area contributed by atoms with E-state index >= 15 is 0 Å². The predicted octanol–water partition coefficient (Wildman–Crippen LogP) is -1.04. The van der Waals surface area contributed by atoms with Crippen LogP contribution in [0.15, 0.2) is 6.20 Å². The molecule has 1 aromatic heterocycles. The van der Waals surface area contributed by atoms with E-state index in [-0.39, 0.29) is 17.8 Å². The second kappa shape index (κ2) is 3.95. The third-order valence-electron chi connectivity index (χ3n) is 2.41. The molecular weight excluding hydrogens is 200 g/mol. The first-order chi connectivity index (χ1) is 7.22. The predicted molar refractivity (Wildman–Crippen MR) is 49.2 cm³/mol. The van der Waals surface area contributed by atoms with E-state index in [4.69, 9.17) is 15.2 Å². The molecule has 2 heterocycles. The molecule has 7 heteroatoms. The number of carbonyl (C=O) groups excluding carboxylic acids is 1. The van der Waals surface area contributed by atoms with Gasteiger partial charge in [0.25, 0.3) is 5.91 Å². The zero-order chi connectivity index (χ0) is 10.8. The van der Waals surface area contributed by atoms with Gasteiger partial charge in [0.2, 0.25) is 0 Å². The molecule has 15 heavy (non-hydrogen) atoms. The fourth-order valence-corrected chi connectivity index (χ4v) is 1.55. The van der Waals surface area contributed by atoms with E-state index in [0.717, 1.165) is 0 Å². The van der Waals surface area contributed by atoms with Crippen LogP contribution in [0.2, 0.25) is 0 Å². The highest BCUT2D eigenvalue weighted by atomic mass is 16.5. The number of nitrogens with two attached hydrogens (primary N) is 1. The summed E-state index contributed by atoms with van der Waals surface area (Å²) < 4.78 is 12.0. The van der Waals surface area contributed by atoms with Gasteiger partial charge in [-0.2, -0.15) is 0 Å². The fourth-order valence-electron chi connectivity index (χ4n) is 1.55. The quantitative estimate of drug-likeness (QED) is 0.691. The second-order valence-electron chi connectivity index (χ2n) is 3.33. The van der Waals surface area contributed by atoms with Gasteiger partial charge in [-0.25, -0.2) is 4.68 Å². The highest BCUT2D eigenvalue weighted by Gasteiger charge is 2.30. The van der Waals surface area contributed by atoms with Gasteiger partial charge in [0.15, 0.2) is 5.69 Å². The number of amides is 1. The zero-order valence-corrected chi connectivity index (χ0v) is 8.29. The summed E-state index contributed by atoms with van der Waals surface area (Å²) in [6.45, 7) is 1.02. The molecule has 1 saturated heterocycles. The Labute approximate surface area is 86.1 Å². The summed E-state index contributed by atoms with van der Waals surface area (Å²) in [7, 11) is 1.61. The molecule has 1 aliphatic rings. The molecule has 0 spiro atoms. The largest absolute Gasteiger partial charge is 0.377 e. The lowest BCUT2D eigenvalue weighted by Crippen LogP contribution is -2.24. The Balaban J connectivity index is 2.18. The summed E-state index contributed by atoms with van der Waals surface area (Å²) in [4.78, 5) is 10.8. The van der Waals surface area contributed by atoms with Crippen LogP contribution in [0.4, 0.5) is 0 Å². The normalized spacial score (nSPS) is 25.7. The van der Waals surface area contributed by atoms with E-state index < -0.39 is 5.91 Å². The molecule has 1 amide bonds. The molecule has 0 saturated carbocycles. The Kier molecular flexibility index (Phi) is 2.65. The van der Waals surface area contributed by atoms with Crippen LogP contribution in [0.5, 0.6) is 0 Å². The molecule has 1 aliphatic heterocycles. The third kappa shape index (κ3) is 1.83. The van der Waals surface area contributed by atoms with E-state index in [0.29, 0.717) is 13.2 Å². The standard InChI is InChI=1S/C8H12N4O3/c1-14-7-4-15-3-6(7)12-2-5(8(9)13)10-11-12/h2,6-7H,3-4H2,1H3,(H2,9,13)/t6-,7+/m1/s1. The van der Waals surface area contributed by atoms with Gasteiger partial charge in [-0.15, -0.1) is 5.10 Å². The van der Waals surface area contributed by atoms with E-state index in [9.17, 15) is 4.79 Å². The molecule has 82 valence electrons. The SMILES string of the molecule is CO[C@H]1COC[C@H]1n1cc(C(N)=O)nn1. The van der Waals surface area contributed by atoms with Gasteiger partial charge < -0.3 is 15.2 Å². The molecule has 1 fully saturated rings. The highest BCUT2D eigenvalue weighted by molar-refractivity contribution is 5.90. The number of nitrogens with zero attached hydrogens (tertiary/aromatic N) is 3. The van der Waals surface area contributed by atoms with Crippen LogP contribution in [0.25, 0.3) is 0 Å². The molecule has 2 rings (SSSR count). The van der Waals surface area contributed by atoms with Crippen LogP contribution < -0.4 is 5.73 Å². The molecular formula is C8H12N4O3. The summed E-state index contributed by atoms with van der Waals surface area (Å²) in [5.74, 6) is -0.589. The summed E-state index contributed by atoms with van der Waals surface area (Å²) in [5, 5.41) is 7.48. The van der Waals surface area contributed by atoms with E-state index in [1.54, 1.807) is 11.8 Å². The van der Waals surface area contributed by atoms with Crippen LogP contribution >= 0.6 is 0 Å². The number of hydrogen-bond acceptors (Lipinski definition) is 5. The van der Waals surface area contributed by atoms with Gasteiger partial charge in [-0.1, -0.05) is 5.21 Å². The van der Waals surface area contributed by atoms with Crippen molar-refractivity contribution in [1.29, 1.82) is 0 Å². The van der Waals surface area contributed by atoms with Crippen LogP contribution in [0.1, 0.15) is 16.5 Å². The first kappa shape index (κ1) is 10.1. The van der Waals surface area contributed by atoms with Gasteiger partial charge >= 0.3 is 0 Å². The molecule has 0 aliphatic carbocycles. The topological polar surface area (TPSA) is 92.3 Å². The van der Waals surface area contributed by atoms with Crippen molar-refractivity contribution < 1.29 is 14.3 Å². The van der Waals surface area contributed by atoms with Gasteiger partial charge in [-0.3, -0.25) is 4.79 Å². The van der Waals surface area contributed by atoms with Gasteiger partial charge in [0, 0.05) is 7.11 Å². The van der Waals surface area contributed by atoms with Crippen molar-refractivity contribution in [3.63, 3.8) is 0 Å². The Morgan fingerprint density at radius 3 is 3.13 bits per heavy atom. The van der Waals surface area contributed by atoms with E-state index in [2.05, 4.69) is 10.3 Å². The van der Waals surface area contributed by atoms with Crippen LogP contribution in [-0.4, -0.2) is 47.3 Å². The average Bonchev–Trinajstić information content (AvgIpc) is 2.85.